The molecule has 90 valence electrons. The van der Waals surface area contributed by atoms with Gasteiger partial charge >= 0.3 is 0 Å². The number of nitrogens with zero attached hydrogens (tertiary/aromatic N) is 2. The summed E-state index contributed by atoms with van der Waals surface area (Å²) in [6.45, 7) is 5.37. The average molecular weight is 244 g/mol. The Morgan fingerprint density at radius 1 is 1.44 bits per heavy atom. The molecule has 0 radical (unpaired) electrons. The van der Waals surface area contributed by atoms with Crippen LogP contribution in [0.1, 0.15) is 33.1 Å². The van der Waals surface area contributed by atoms with Crippen molar-refractivity contribution < 1.29 is 0 Å². The topological polar surface area (TPSA) is 46.9 Å². The number of anilines is 1. The number of nitrogens with one attached hydrogen (secondary N) is 1. The molecule has 0 amide bonds. The van der Waals surface area contributed by atoms with Gasteiger partial charge < -0.3 is 5.32 Å². The number of aromatic nitrogens is 2. The molecule has 0 saturated carbocycles. The molecule has 0 aliphatic heterocycles. The number of unbranched alkanes of at least 4 members (excludes halogenated alkanes) is 2. The van der Waals surface area contributed by atoms with Crippen LogP contribution in [0.4, 0.5) is 5.69 Å². The fourth-order valence-electron chi connectivity index (χ4n) is 1.41. The first-order chi connectivity index (χ1) is 7.70. The second kappa shape index (κ2) is 6.53. The molecular formula is C11H18ClN3O. The molecule has 0 atom stereocenters. The maximum Gasteiger partial charge on any atom is 0.287 e. The van der Waals surface area contributed by atoms with Gasteiger partial charge in [-0.1, -0.05) is 31.4 Å². The molecular weight excluding hydrogens is 226 g/mol. The molecule has 1 aromatic rings. The second-order valence-corrected chi connectivity index (χ2v) is 4.00. The highest BCUT2D eigenvalue weighted by atomic mass is 35.5. The number of hydrogen-bond acceptors (Lipinski definition) is 3. The monoisotopic (exact) mass is 243 g/mol. The molecule has 0 aliphatic carbocycles. The van der Waals surface area contributed by atoms with E-state index in [-0.39, 0.29) is 10.6 Å². The predicted octanol–water partition coefficient (Wildman–Crippen LogP) is 2.52. The van der Waals surface area contributed by atoms with Gasteiger partial charge in [-0.05, 0) is 13.3 Å². The van der Waals surface area contributed by atoms with Crippen molar-refractivity contribution in [3.8, 4) is 0 Å². The van der Waals surface area contributed by atoms with Crippen LogP contribution in [0.5, 0.6) is 0 Å². The van der Waals surface area contributed by atoms with E-state index < -0.39 is 0 Å². The molecule has 4 nitrogen and oxygen atoms in total. The Bertz CT molecular complexity index is 389. The van der Waals surface area contributed by atoms with E-state index >= 15 is 0 Å². The van der Waals surface area contributed by atoms with Crippen LogP contribution in [-0.2, 0) is 6.54 Å². The van der Waals surface area contributed by atoms with Gasteiger partial charge in [0.25, 0.3) is 5.56 Å². The van der Waals surface area contributed by atoms with Gasteiger partial charge in [0.2, 0.25) is 0 Å². The van der Waals surface area contributed by atoms with E-state index in [0.717, 1.165) is 13.0 Å². The van der Waals surface area contributed by atoms with Crippen molar-refractivity contribution in [3.05, 3.63) is 21.6 Å². The van der Waals surface area contributed by atoms with Crippen molar-refractivity contribution in [1.29, 1.82) is 0 Å². The number of halogens is 1. The van der Waals surface area contributed by atoms with Gasteiger partial charge in [-0.2, -0.15) is 5.10 Å². The van der Waals surface area contributed by atoms with Crippen LogP contribution in [0.25, 0.3) is 0 Å². The SMILES string of the molecule is CCCCCNc1cnn(CC)c(=O)c1Cl. The Hall–Kier alpha value is -1.03. The van der Waals surface area contributed by atoms with E-state index in [9.17, 15) is 4.79 Å². The van der Waals surface area contributed by atoms with Gasteiger partial charge in [0.1, 0.15) is 5.02 Å². The lowest BCUT2D eigenvalue weighted by atomic mass is 10.2. The standard InChI is InChI=1S/C11H18ClN3O/c1-3-5-6-7-13-9-8-14-15(4-2)11(16)10(9)12/h8,13H,3-7H2,1-2H3. The normalized spacial score (nSPS) is 10.4. The van der Waals surface area contributed by atoms with Crippen LogP contribution in [0.15, 0.2) is 11.0 Å². The maximum atomic E-state index is 11.6. The highest BCUT2D eigenvalue weighted by Gasteiger charge is 2.07. The molecule has 0 unspecified atom stereocenters. The van der Waals surface area contributed by atoms with E-state index in [0.29, 0.717) is 12.2 Å². The van der Waals surface area contributed by atoms with Crippen LogP contribution in [0, 0.1) is 0 Å². The maximum absolute atomic E-state index is 11.6. The fraction of sp³-hybridized carbons (Fsp3) is 0.636. The minimum Gasteiger partial charge on any atom is -0.382 e. The number of aryl methyl sites for hydroxylation is 1. The van der Waals surface area contributed by atoms with Gasteiger partial charge in [0.05, 0.1) is 11.9 Å². The van der Waals surface area contributed by atoms with Crippen molar-refractivity contribution in [3.63, 3.8) is 0 Å². The summed E-state index contributed by atoms with van der Waals surface area (Å²) in [6.07, 6.45) is 5.03. The van der Waals surface area contributed by atoms with Crippen molar-refractivity contribution in [1.82, 2.24) is 9.78 Å². The summed E-state index contributed by atoms with van der Waals surface area (Å²) in [7, 11) is 0. The fourth-order valence-corrected chi connectivity index (χ4v) is 1.62. The van der Waals surface area contributed by atoms with Crippen LogP contribution in [0.2, 0.25) is 5.02 Å². The van der Waals surface area contributed by atoms with Gasteiger partial charge in [-0.15, -0.1) is 0 Å². The Labute approximate surface area is 101 Å². The molecule has 16 heavy (non-hydrogen) atoms. The molecule has 0 saturated heterocycles. The van der Waals surface area contributed by atoms with Crippen molar-refractivity contribution in [2.75, 3.05) is 11.9 Å². The zero-order valence-electron chi connectivity index (χ0n) is 9.79. The third-order valence-corrected chi connectivity index (χ3v) is 2.75. The molecule has 0 aromatic carbocycles. The Kier molecular flexibility index (Phi) is 5.32. The molecule has 1 aromatic heterocycles. The molecule has 1 rings (SSSR count). The average Bonchev–Trinajstić information content (AvgIpc) is 2.30. The number of hydrogen-bond donors (Lipinski definition) is 1. The van der Waals surface area contributed by atoms with Crippen molar-refractivity contribution in [2.45, 2.75) is 39.7 Å². The van der Waals surface area contributed by atoms with E-state index in [1.54, 1.807) is 6.20 Å². The van der Waals surface area contributed by atoms with Crippen LogP contribution in [0.3, 0.4) is 0 Å². The summed E-state index contributed by atoms with van der Waals surface area (Å²) in [5, 5.41) is 7.38. The third kappa shape index (κ3) is 3.23. The lowest BCUT2D eigenvalue weighted by molar-refractivity contribution is 0.616. The van der Waals surface area contributed by atoms with E-state index in [2.05, 4.69) is 17.3 Å². The summed E-state index contributed by atoms with van der Waals surface area (Å²) < 4.78 is 1.35. The smallest absolute Gasteiger partial charge is 0.287 e. The van der Waals surface area contributed by atoms with Gasteiger partial charge in [0, 0.05) is 13.1 Å². The van der Waals surface area contributed by atoms with Crippen LogP contribution < -0.4 is 10.9 Å². The molecule has 0 fully saturated rings. The van der Waals surface area contributed by atoms with E-state index in [1.165, 1.54) is 17.5 Å². The van der Waals surface area contributed by atoms with Crippen LogP contribution >= 0.6 is 11.6 Å². The Morgan fingerprint density at radius 3 is 2.81 bits per heavy atom. The Balaban J connectivity index is 2.68. The molecule has 5 heteroatoms. The van der Waals surface area contributed by atoms with Gasteiger partial charge in [0.15, 0.2) is 0 Å². The zero-order chi connectivity index (χ0) is 12.0. The highest BCUT2D eigenvalue weighted by molar-refractivity contribution is 6.32. The molecule has 0 spiro atoms. The summed E-state index contributed by atoms with van der Waals surface area (Å²) in [6, 6.07) is 0. The lowest BCUT2D eigenvalue weighted by Gasteiger charge is -2.08. The predicted molar refractivity (Wildman–Crippen MR) is 67.2 cm³/mol. The third-order valence-electron chi connectivity index (χ3n) is 2.38. The van der Waals surface area contributed by atoms with Gasteiger partial charge in [-0.3, -0.25) is 4.79 Å². The van der Waals surface area contributed by atoms with Crippen molar-refractivity contribution >= 4 is 17.3 Å². The minimum atomic E-state index is -0.232. The first-order valence-corrected chi connectivity index (χ1v) is 6.08. The second-order valence-electron chi connectivity index (χ2n) is 3.63. The first-order valence-electron chi connectivity index (χ1n) is 5.70. The molecule has 0 aliphatic rings. The quantitative estimate of drug-likeness (QED) is 0.781. The first kappa shape index (κ1) is 13.0. The Morgan fingerprint density at radius 2 is 2.19 bits per heavy atom. The van der Waals surface area contributed by atoms with Crippen molar-refractivity contribution in [2.24, 2.45) is 0 Å². The molecule has 0 bridgehead atoms. The highest BCUT2D eigenvalue weighted by Crippen LogP contribution is 2.15. The summed E-state index contributed by atoms with van der Waals surface area (Å²) in [4.78, 5) is 11.6. The molecule has 1 N–H and O–H groups in total. The van der Waals surface area contributed by atoms with E-state index in [4.69, 9.17) is 11.6 Å². The largest absolute Gasteiger partial charge is 0.382 e. The summed E-state index contributed by atoms with van der Waals surface area (Å²) >= 11 is 5.95. The number of rotatable bonds is 6. The zero-order valence-corrected chi connectivity index (χ0v) is 10.5. The summed E-state index contributed by atoms with van der Waals surface area (Å²) in [5.74, 6) is 0. The van der Waals surface area contributed by atoms with Gasteiger partial charge in [-0.25, -0.2) is 4.68 Å². The van der Waals surface area contributed by atoms with Crippen LogP contribution in [-0.4, -0.2) is 16.3 Å². The minimum absolute atomic E-state index is 0.230. The van der Waals surface area contributed by atoms with E-state index in [1.807, 2.05) is 6.92 Å². The lowest BCUT2D eigenvalue weighted by Crippen LogP contribution is -2.23. The molecule has 1 heterocycles. The summed E-state index contributed by atoms with van der Waals surface area (Å²) in [5.41, 5.74) is 0.400.